The van der Waals surface area contributed by atoms with E-state index in [-0.39, 0.29) is 13.0 Å². The molecule has 1 atom stereocenters. The van der Waals surface area contributed by atoms with E-state index in [4.69, 9.17) is 0 Å². The van der Waals surface area contributed by atoms with Gasteiger partial charge in [0.1, 0.15) is 6.54 Å². The average Bonchev–Trinajstić information content (AvgIpc) is 2.52. The van der Waals surface area contributed by atoms with Gasteiger partial charge < -0.3 is 19.4 Å². The molecule has 0 heterocycles. The van der Waals surface area contributed by atoms with Crippen LogP contribution in [0.4, 0.5) is 0 Å². The number of aliphatic hydroxyl groups is 1. The summed E-state index contributed by atoms with van der Waals surface area (Å²) in [5.41, 5.74) is 0. The minimum Gasteiger partial charge on any atom is -0.373 e. The van der Waals surface area contributed by atoms with E-state index >= 15 is 0 Å². The SMILES string of the molecule is CCC/C=C\CCCCCCC/C=C\CCC(O)(C[N+](C)(C)C)P(=O)(O)O. The Morgan fingerprint density at radius 3 is 1.70 bits per heavy atom. The average molecular weight is 405 g/mol. The lowest BCUT2D eigenvalue weighted by Gasteiger charge is -2.35. The van der Waals surface area contributed by atoms with Crippen molar-refractivity contribution in [3.63, 3.8) is 0 Å². The molecule has 0 aromatic carbocycles. The van der Waals surface area contributed by atoms with Gasteiger partial charge in [-0.15, -0.1) is 0 Å². The van der Waals surface area contributed by atoms with E-state index in [1.54, 1.807) is 0 Å². The molecule has 6 heteroatoms. The third-order valence-corrected chi connectivity index (χ3v) is 5.96. The van der Waals surface area contributed by atoms with Crippen LogP contribution in [0, 0.1) is 0 Å². The molecule has 1 unspecified atom stereocenters. The fraction of sp³-hybridized carbons (Fsp3) is 0.810. The van der Waals surface area contributed by atoms with Gasteiger partial charge in [-0.3, -0.25) is 4.57 Å². The number of allylic oxidation sites excluding steroid dienone is 4. The minimum absolute atomic E-state index is 0.0265. The second-order valence-electron chi connectivity index (χ2n) is 8.59. The quantitative estimate of drug-likeness (QED) is 0.147. The van der Waals surface area contributed by atoms with Crippen molar-refractivity contribution in [2.24, 2.45) is 0 Å². The van der Waals surface area contributed by atoms with Gasteiger partial charge in [-0.25, -0.2) is 0 Å². The molecular weight excluding hydrogens is 361 g/mol. The van der Waals surface area contributed by atoms with Gasteiger partial charge in [0.2, 0.25) is 5.34 Å². The molecule has 0 rings (SSSR count). The second-order valence-corrected chi connectivity index (χ2v) is 10.5. The molecule has 160 valence electrons. The first kappa shape index (κ1) is 26.6. The van der Waals surface area contributed by atoms with Gasteiger partial charge in [0, 0.05) is 0 Å². The molecule has 0 fully saturated rings. The van der Waals surface area contributed by atoms with Crippen LogP contribution < -0.4 is 0 Å². The van der Waals surface area contributed by atoms with Crippen molar-refractivity contribution in [2.45, 2.75) is 82.9 Å². The number of rotatable bonds is 16. The Bertz CT molecular complexity index is 479. The van der Waals surface area contributed by atoms with Gasteiger partial charge in [-0.2, -0.15) is 0 Å². The van der Waals surface area contributed by atoms with E-state index in [1.807, 2.05) is 27.2 Å². The predicted octanol–water partition coefficient (Wildman–Crippen LogP) is 4.98. The van der Waals surface area contributed by atoms with Gasteiger partial charge in [-0.05, 0) is 44.9 Å². The van der Waals surface area contributed by atoms with Gasteiger partial charge in [0.25, 0.3) is 0 Å². The van der Waals surface area contributed by atoms with Crippen LogP contribution in [0.3, 0.4) is 0 Å². The highest BCUT2D eigenvalue weighted by molar-refractivity contribution is 7.53. The van der Waals surface area contributed by atoms with Crippen molar-refractivity contribution < 1.29 is 23.9 Å². The molecule has 0 radical (unpaired) electrons. The molecule has 0 aromatic rings. The molecule has 0 aliphatic heterocycles. The van der Waals surface area contributed by atoms with Crippen molar-refractivity contribution in [2.75, 3.05) is 27.7 Å². The minimum atomic E-state index is -4.57. The lowest BCUT2D eigenvalue weighted by atomic mass is 10.1. The molecule has 0 saturated heterocycles. The number of quaternary nitrogens is 1. The summed E-state index contributed by atoms with van der Waals surface area (Å²) in [7, 11) is 0.883. The van der Waals surface area contributed by atoms with Crippen molar-refractivity contribution in [3.8, 4) is 0 Å². The highest BCUT2D eigenvalue weighted by Crippen LogP contribution is 2.52. The molecule has 27 heavy (non-hydrogen) atoms. The molecule has 0 amide bonds. The Balaban J connectivity index is 3.91. The Kier molecular flexibility index (Phi) is 13.5. The maximum absolute atomic E-state index is 11.7. The number of unbranched alkanes of at least 4 members (excludes halogenated alkanes) is 7. The second kappa shape index (κ2) is 13.7. The van der Waals surface area contributed by atoms with E-state index < -0.39 is 12.9 Å². The highest BCUT2D eigenvalue weighted by atomic mass is 31.2. The molecule has 5 nitrogen and oxygen atoms in total. The first-order valence-electron chi connectivity index (χ1n) is 10.4. The Morgan fingerprint density at radius 1 is 0.815 bits per heavy atom. The highest BCUT2D eigenvalue weighted by Gasteiger charge is 2.48. The third-order valence-electron chi connectivity index (χ3n) is 4.51. The van der Waals surface area contributed by atoms with Crippen LogP contribution in [0.5, 0.6) is 0 Å². The summed E-state index contributed by atoms with van der Waals surface area (Å²) in [6.45, 7) is 2.22. The monoisotopic (exact) mass is 404 g/mol. The van der Waals surface area contributed by atoms with Gasteiger partial charge >= 0.3 is 7.60 Å². The summed E-state index contributed by atoms with van der Waals surface area (Å²) in [5.74, 6) is 0. The lowest BCUT2D eigenvalue weighted by Crippen LogP contribution is -2.49. The van der Waals surface area contributed by atoms with Crippen molar-refractivity contribution >= 4 is 7.60 Å². The van der Waals surface area contributed by atoms with E-state index in [9.17, 15) is 19.5 Å². The normalized spacial score (nSPS) is 15.7. The Hall–Kier alpha value is -0.450. The van der Waals surface area contributed by atoms with Crippen LogP contribution in [-0.2, 0) is 4.57 Å². The lowest BCUT2D eigenvalue weighted by molar-refractivity contribution is -0.875. The zero-order valence-corrected chi connectivity index (χ0v) is 18.8. The summed E-state index contributed by atoms with van der Waals surface area (Å²) >= 11 is 0. The molecule has 0 aliphatic rings. The standard InChI is InChI=1S/C21H42NO4P/c1-5-6-7-8-9-10-11-12-13-14-15-16-17-18-19-21(23,27(24,25)26)20-22(2,3)4/h7-8,16-17,23H,5-6,9-15,18-20H2,1-4H3,(H-,24,25,26)/p+1/b8-7-,17-16-. The first-order valence-corrected chi connectivity index (χ1v) is 12.0. The summed E-state index contributed by atoms with van der Waals surface area (Å²) < 4.78 is 12.0. The van der Waals surface area contributed by atoms with Gasteiger partial charge in [0.05, 0.1) is 21.1 Å². The molecule has 0 aliphatic carbocycles. The molecule has 0 aromatic heterocycles. The Labute approximate surface area is 166 Å². The molecular formula is C21H43NO4P+. The van der Waals surface area contributed by atoms with Crippen LogP contribution in [0.1, 0.15) is 77.6 Å². The largest absolute Gasteiger partial charge is 0.373 e. The van der Waals surface area contributed by atoms with Crippen LogP contribution in [-0.4, -0.2) is 52.4 Å². The number of hydrogen-bond donors (Lipinski definition) is 3. The zero-order chi connectivity index (χ0) is 20.8. The van der Waals surface area contributed by atoms with Gasteiger partial charge in [0.15, 0.2) is 0 Å². The Morgan fingerprint density at radius 2 is 1.26 bits per heavy atom. The predicted molar refractivity (Wildman–Crippen MR) is 115 cm³/mol. The molecule has 0 spiro atoms. The summed E-state index contributed by atoms with van der Waals surface area (Å²) in [4.78, 5) is 19.1. The number of hydrogen-bond acceptors (Lipinski definition) is 2. The van der Waals surface area contributed by atoms with Crippen LogP contribution in [0.15, 0.2) is 24.3 Å². The molecule has 0 saturated carbocycles. The van der Waals surface area contributed by atoms with Crippen LogP contribution in [0.25, 0.3) is 0 Å². The van der Waals surface area contributed by atoms with E-state index in [2.05, 4.69) is 25.2 Å². The van der Waals surface area contributed by atoms with Crippen LogP contribution >= 0.6 is 7.60 Å². The fourth-order valence-electron chi connectivity index (χ4n) is 3.08. The smallest absolute Gasteiger partial charge is 0.362 e. The zero-order valence-electron chi connectivity index (χ0n) is 17.9. The summed E-state index contributed by atoms with van der Waals surface area (Å²) in [6, 6.07) is 0. The van der Waals surface area contributed by atoms with Crippen molar-refractivity contribution in [1.29, 1.82) is 0 Å². The van der Waals surface area contributed by atoms with Crippen molar-refractivity contribution in [1.82, 2.24) is 0 Å². The van der Waals surface area contributed by atoms with E-state index in [0.717, 1.165) is 12.8 Å². The molecule has 0 bridgehead atoms. The number of nitrogens with zero attached hydrogens (tertiary/aromatic N) is 1. The summed E-state index contributed by atoms with van der Waals surface area (Å²) in [6.07, 6.45) is 19.9. The maximum Gasteiger partial charge on any atom is 0.362 e. The first-order chi connectivity index (χ1) is 12.5. The maximum atomic E-state index is 11.7. The van der Waals surface area contributed by atoms with E-state index in [1.165, 1.54) is 44.9 Å². The van der Waals surface area contributed by atoms with E-state index in [0.29, 0.717) is 10.9 Å². The van der Waals surface area contributed by atoms with Crippen molar-refractivity contribution in [3.05, 3.63) is 24.3 Å². The van der Waals surface area contributed by atoms with Gasteiger partial charge in [-0.1, -0.05) is 56.9 Å². The number of likely N-dealkylation sites (N-methyl/N-ethyl adjacent to an activating group) is 1. The van der Waals surface area contributed by atoms with Crippen LogP contribution in [0.2, 0.25) is 0 Å². The third kappa shape index (κ3) is 14.2. The molecule has 3 N–H and O–H groups in total. The topological polar surface area (TPSA) is 77.8 Å². The fourth-order valence-corrected chi connectivity index (χ4v) is 4.11. The summed E-state index contributed by atoms with van der Waals surface area (Å²) in [5, 5.41) is 8.50.